The van der Waals surface area contributed by atoms with Crippen molar-refractivity contribution in [3.05, 3.63) is 53.2 Å². The number of pyridine rings is 1. The van der Waals surface area contributed by atoms with Crippen LogP contribution in [0.3, 0.4) is 0 Å². The van der Waals surface area contributed by atoms with Gasteiger partial charge in [0.25, 0.3) is 0 Å². The largest absolute Gasteiger partial charge is 0.497 e. The lowest BCUT2D eigenvalue weighted by atomic mass is 10.1. The second-order valence-electron chi connectivity index (χ2n) is 5.98. The van der Waals surface area contributed by atoms with Crippen molar-refractivity contribution in [3.8, 4) is 5.75 Å². The van der Waals surface area contributed by atoms with Gasteiger partial charge in [-0.1, -0.05) is 23.7 Å². The Morgan fingerprint density at radius 2 is 1.89 bits per heavy atom. The summed E-state index contributed by atoms with van der Waals surface area (Å²) in [5.41, 5.74) is 1.08. The highest BCUT2D eigenvalue weighted by Crippen LogP contribution is 2.22. The molecule has 0 fully saturated rings. The first kappa shape index (κ1) is 24.3. The Hall–Kier alpha value is -1.74. The van der Waals surface area contributed by atoms with Gasteiger partial charge in [0.1, 0.15) is 11.6 Å². The fourth-order valence-electron chi connectivity index (χ4n) is 2.53. The maximum Gasteiger partial charge on any atom is 0.190 e. The van der Waals surface area contributed by atoms with Crippen LogP contribution in [0, 0.1) is 0 Å². The summed E-state index contributed by atoms with van der Waals surface area (Å²) in [7, 11) is 3.41. The SMILES string of the molecule is CN=C(NCCCCNc1ccccn1)NCCc1ccc(OC)cc1Cl.I. The van der Waals surface area contributed by atoms with Crippen molar-refractivity contribution in [1.82, 2.24) is 15.6 Å². The predicted octanol–water partition coefficient (Wildman–Crippen LogP) is 3.96. The van der Waals surface area contributed by atoms with Crippen LogP contribution in [0.2, 0.25) is 5.02 Å². The predicted molar refractivity (Wildman–Crippen MR) is 128 cm³/mol. The normalized spacial score (nSPS) is 10.8. The van der Waals surface area contributed by atoms with Crippen molar-refractivity contribution < 1.29 is 4.74 Å². The molecule has 0 saturated heterocycles. The van der Waals surface area contributed by atoms with Crippen LogP contribution in [0.4, 0.5) is 5.82 Å². The highest BCUT2D eigenvalue weighted by Gasteiger charge is 2.03. The van der Waals surface area contributed by atoms with Crippen LogP contribution in [0.1, 0.15) is 18.4 Å². The van der Waals surface area contributed by atoms with Crippen LogP contribution in [0.25, 0.3) is 0 Å². The summed E-state index contributed by atoms with van der Waals surface area (Å²) >= 11 is 6.27. The van der Waals surface area contributed by atoms with Gasteiger partial charge < -0.3 is 20.7 Å². The number of methoxy groups -OCH3 is 1. The maximum atomic E-state index is 6.27. The molecule has 1 heterocycles. The van der Waals surface area contributed by atoms with E-state index in [-0.39, 0.29) is 24.0 Å². The van der Waals surface area contributed by atoms with E-state index in [0.717, 1.165) is 67.0 Å². The number of hydrogen-bond acceptors (Lipinski definition) is 4. The van der Waals surface area contributed by atoms with Gasteiger partial charge in [0.15, 0.2) is 5.96 Å². The lowest BCUT2D eigenvalue weighted by Gasteiger charge is -2.13. The van der Waals surface area contributed by atoms with E-state index in [0.29, 0.717) is 0 Å². The molecular formula is C20H29ClIN5O. The molecule has 0 unspecified atom stereocenters. The minimum atomic E-state index is 0. The smallest absolute Gasteiger partial charge is 0.190 e. The number of nitrogens with zero attached hydrogens (tertiary/aromatic N) is 2. The lowest BCUT2D eigenvalue weighted by Crippen LogP contribution is -2.38. The summed E-state index contributed by atoms with van der Waals surface area (Å²) in [6.07, 6.45) is 4.71. The number of benzene rings is 1. The van der Waals surface area contributed by atoms with Crippen molar-refractivity contribution >= 4 is 47.4 Å². The van der Waals surface area contributed by atoms with Crippen LogP contribution in [0.15, 0.2) is 47.6 Å². The Labute approximate surface area is 189 Å². The molecule has 0 atom stereocenters. The summed E-state index contributed by atoms with van der Waals surface area (Å²) in [5.74, 6) is 2.49. The molecule has 2 aromatic rings. The minimum absolute atomic E-state index is 0. The zero-order valence-corrected chi connectivity index (χ0v) is 19.5. The molecule has 6 nitrogen and oxygen atoms in total. The molecule has 0 spiro atoms. The van der Waals surface area contributed by atoms with Crippen molar-refractivity contribution in [2.45, 2.75) is 19.3 Å². The first-order valence-corrected chi connectivity index (χ1v) is 9.52. The van der Waals surface area contributed by atoms with Crippen LogP contribution < -0.4 is 20.7 Å². The molecule has 0 amide bonds. The van der Waals surface area contributed by atoms with Gasteiger partial charge in [-0.2, -0.15) is 0 Å². The molecule has 0 radical (unpaired) electrons. The number of guanidine groups is 1. The number of hydrogen-bond donors (Lipinski definition) is 3. The summed E-state index contributed by atoms with van der Waals surface area (Å²) in [5, 5.41) is 10.7. The number of rotatable bonds is 10. The van der Waals surface area contributed by atoms with Crippen molar-refractivity contribution in [2.24, 2.45) is 4.99 Å². The van der Waals surface area contributed by atoms with Crippen LogP contribution >= 0.6 is 35.6 Å². The highest BCUT2D eigenvalue weighted by molar-refractivity contribution is 14.0. The number of halogens is 2. The van der Waals surface area contributed by atoms with E-state index in [1.807, 2.05) is 36.4 Å². The average Bonchev–Trinajstić information content (AvgIpc) is 2.70. The number of anilines is 1. The van der Waals surface area contributed by atoms with E-state index in [1.54, 1.807) is 20.4 Å². The van der Waals surface area contributed by atoms with Crippen LogP contribution in [-0.4, -0.2) is 44.7 Å². The molecule has 28 heavy (non-hydrogen) atoms. The van der Waals surface area contributed by atoms with E-state index in [9.17, 15) is 0 Å². The van der Waals surface area contributed by atoms with Gasteiger partial charge in [-0.15, -0.1) is 24.0 Å². The molecule has 0 aliphatic carbocycles. The number of unbranched alkanes of at least 4 members (excludes halogenated alkanes) is 1. The first-order valence-electron chi connectivity index (χ1n) is 9.14. The third-order valence-corrected chi connectivity index (χ3v) is 4.39. The van der Waals surface area contributed by atoms with Crippen molar-refractivity contribution in [1.29, 1.82) is 0 Å². The van der Waals surface area contributed by atoms with E-state index >= 15 is 0 Å². The lowest BCUT2D eigenvalue weighted by molar-refractivity contribution is 0.414. The van der Waals surface area contributed by atoms with Gasteiger partial charge in [0.2, 0.25) is 0 Å². The van der Waals surface area contributed by atoms with E-state index in [4.69, 9.17) is 16.3 Å². The number of aromatic nitrogens is 1. The second-order valence-corrected chi connectivity index (χ2v) is 6.39. The molecule has 0 aliphatic heterocycles. The molecule has 1 aromatic carbocycles. The maximum absolute atomic E-state index is 6.27. The fourth-order valence-corrected chi connectivity index (χ4v) is 2.80. The van der Waals surface area contributed by atoms with Gasteiger partial charge in [0, 0.05) is 37.9 Å². The molecule has 1 aromatic heterocycles. The zero-order valence-electron chi connectivity index (χ0n) is 16.4. The highest BCUT2D eigenvalue weighted by atomic mass is 127. The summed E-state index contributed by atoms with van der Waals surface area (Å²) in [6.45, 7) is 2.53. The summed E-state index contributed by atoms with van der Waals surface area (Å²) in [6, 6.07) is 11.6. The second kappa shape index (κ2) is 14.3. The van der Waals surface area contributed by atoms with Gasteiger partial charge in [-0.25, -0.2) is 4.98 Å². The molecule has 3 N–H and O–H groups in total. The third-order valence-electron chi connectivity index (χ3n) is 4.04. The Balaban J connectivity index is 0.00000392. The molecular weight excluding hydrogens is 489 g/mol. The summed E-state index contributed by atoms with van der Waals surface area (Å²) in [4.78, 5) is 8.49. The molecule has 2 rings (SSSR count). The average molecular weight is 518 g/mol. The third kappa shape index (κ3) is 8.97. The van der Waals surface area contributed by atoms with Gasteiger partial charge in [-0.3, -0.25) is 4.99 Å². The van der Waals surface area contributed by atoms with E-state index in [2.05, 4.69) is 25.9 Å². The van der Waals surface area contributed by atoms with Crippen LogP contribution in [-0.2, 0) is 6.42 Å². The molecule has 0 bridgehead atoms. The molecule has 154 valence electrons. The number of nitrogens with one attached hydrogen (secondary N) is 3. The molecule has 0 aliphatic rings. The first-order chi connectivity index (χ1) is 13.2. The van der Waals surface area contributed by atoms with Crippen LogP contribution in [0.5, 0.6) is 5.75 Å². The minimum Gasteiger partial charge on any atom is -0.497 e. The van der Waals surface area contributed by atoms with E-state index < -0.39 is 0 Å². The Morgan fingerprint density at radius 1 is 1.11 bits per heavy atom. The Bertz CT molecular complexity index is 715. The van der Waals surface area contributed by atoms with Crippen molar-refractivity contribution in [3.63, 3.8) is 0 Å². The quantitative estimate of drug-likeness (QED) is 0.193. The topological polar surface area (TPSA) is 70.6 Å². The number of ether oxygens (including phenoxy) is 1. The van der Waals surface area contributed by atoms with Gasteiger partial charge in [-0.05, 0) is 49.1 Å². The van der Waals surface area contributed by atoms with Crippen molar-refractivity contribution in [2.75, 3.05) is 39.1 Å². The Kier molecular flexibility index (Phi) is 12.4. The van der Waals surface area contributed by atoms with Gasteiger partial charge >= 0.3 is 0 Å². The molecule has 8 heteroatoms. The zero-order chi connectivity index (χ0) is 19.3. The summed E-state index contributed by atoms with van der Waals surface area (Å²) < 4.78 is 5.17. The van der Waals surface area contributed by atoms with E-state index in [1.165, 1.54) is 0 Å². The Morgan fingerprint density at radius 3 is 2.57 bits per heavy atom. The molecule has 0 saturated carbocycles. The van der Waals surface area contributed by atoms with Gasteiger partial charge in [0.05, 0.1) is 7.11 Å². The standard InChI is InChI=1S/C20H28ClN5O.HI/c1-22-20(25-13-6-5-12-24-19-7-3-4-11-23-19)26-14-10-16-8-9-17(27-2)15-18(16)21;/h3-4,7-9,11,15H,5-6,10,12-14H2,1-2H3,(H,23,24)(H2,22,25,26);1H. The number of aliphatic imine (C=N–C) groups is 1. The fraction of sp³-hybridized carbons (Fsp3) is 0.400. The monoisotopic (exact) mass is 517 g/mol.